The molecule has 2 atom stereocenters. The standard InChI is InChI=1S/C33H40Cl2N6O4S2/c1-6-45-29-27(22-36-30(37-29)46-4)28-38-32(2,23-8-12-25(34)13-9-23)33(3,24-10-14-26(35)15-11-24)41(28)31(42)40-19-17-39(18-20-40)16-7-21-47(5,43)44/h8-15,22H,6-7,16-21H2,1-5H3/t32-,33-/m0/s1. The van der Waals surface area contributed by atoms with Crippen LogP contribution < -0.4 is 4.74 Å². The SMILES string of the molecule is CCOc1nc(SC)ncc1C1=N[C@@](C)(c2ccc(Cl)cc2)[C@](C)(c2ccc(Cl)cc2)N1C(=O)N1CCN(CCCS(C)(=O)=O)CC1. The van der Waals surface area contributed by atoms with Crippen LogP contribution in [-0.2, 0) is 20.9 Å². The highest BCUT2D eigenvalue weighted by Gasteiger charge is 2.60. The molecule has 2 aliphatic rings. The van der Waals surface area contributed by atoms with E-state index in [2.05, 4.69) is 14.9 Å². The van der Waals surface area contributed by atoms with Crippen LogP contribution in [0.4, 0.5) is 4.79 Å². The molecule has 0 spiro atoms. The highest BCUT2D eigenvalue weighted by molar-refractivity contribution is 7.98. The summed E-state index contributed by atoms with van der Waals surface area (Å²) in [5, 5.41) is 1.71. The lowest BCUT2D eigenvalue weighted by molar-refractivity contribution is 0.0868. The number of halogens is 2. The van der Waals surface area contributed by atoms with Gasteiger partial charge in [0.05, 0.1) is 17.9 Å². The van der Waals surface area contributed by atoms with Gasteiger partial charge in [0.2, 0.25) is 5.88 Å². The maximum atomic E-state index is 15.0. The number of rotatable bonds is 10. The van der Waals surface area contributed by atoms with Crippen molar-refractivity contribution in [2.45, 2.75) is 43.4 Å². The maximum absolute atomic E-state index is 15.0. The Morgan fingerprint density at radius 3 is 2.13 bits per heavy atom. The molecule has 3 heterocycles. The quantitative estimate of drug-likeness (QED) is 0.187. The van der Waals surface area contributed by atoms with Crippen molar-refractivity contribution in [3.05, 3.63) is 81.5 Å². The lowest BCUT2D eigenvalue weighted by atomic mass is 9.71. The summed E-state index contributed by atoms with van der Waals surface area (Å²) in [5.41, 5.74) is 0.167. The zero-order valence-electron chi connectivity index (χ0n) is 27.2. The van der Waals surface area contributed by atoms with Gasteiger partial charge in [0.15, 0.2) is 5.16 Å². The lowest BCUT2D eigenvalue weighted by Crippen LogP contribution is -2.60. The zero-order chi connectivity index (χ0) is 34.0. The molecule has 0 saturated carbocycles. The van der Waals surface area contributed by atoms with Gasteiger partial charge in [0.1, 0.15) is 26.8 Å². The highest BCUT2D eigenvalue weighted by atomic mass is 35.5. The molecule has 1 saturated heterocycles. The average Bonchev–Trinajstić information content (AvgIpc) is 3.29. The predicted octanol–water partition coefficient (Wildman–Crippen LogP) is 5.97. The van der Waals surface area contributed by atoms with Crippen LogP contribution >= 0.6 is 35.0 Å². The third kappa shape index (κ3) is 7.27. The Hall–Kier alpha value is -2.90. The number of ether oxygens (including phenoxy) is 1. The zero-order valence-corrected chi connectivity index (χ0v) is 30.4. The number of amides is 2. The van der Waals surface area contributed by atoms with Crippen molar-refractivity contribution in [3.63, 3.8) is 0 Å². The number of thioether (sulfide) groups is 1. The first-order valence-corrected chi connectivity index (χ1v) is 19.5. The number of amidine groups is 1. The number of nitrogens with zero attached hydrogens (tertiary/aromatic N) is 6. The average molecular weight is 720 g/mol. The molecule has 0 unspecified atom stereocenters. The van der Waals surface area contributed by atoms with E-state index < -0.39 is 20.9 Å². The fourth-order valence-electron chi connectivity index (χ4n) is 6.27. The first-order chi connectivity index (χ1) is 22.3. The van der Waals surface area contributed by atoms with Crippen molar-refractivity contribution in [2.24, 2.45) is 4.99 Å². The fourth-order valence-corrected chi connectivity index (χ4v) is 7.51. The summed E-state index contributed by atoms with van der Waals surface area (Å²) in [5.74, 6) is 0.886. The molecule has 252 valence electrons. The second-order valence-electron chi connectivity index (χ2n) is 12.0. The first-order valence-electron chi connectivity index (χ1n) is 15.5. The molecule has 1 aromatic heterocycles. The number of hydrogen-bond donors (Lipinski definition) is 0. The molecule has 2 aromatic carbocycles. The number of piperazine rings is 1. The molecule has 5 rings (SSSR count). The van der Waals surface area contributed by atoms with Gasteiger partial charge in [0.25, 0.3) is 0 Å². The number of carbonyl (C=O) groups is 1. The Labute approximate surface area is 291 Å². The summed E-state index contributed by atoms with van der Waals surface area (Å²) in [7, 11) is -3.03. The molecule has 2 aliphatic heterocycles. The van der Waals surface area contributed by atoms with E-state index in [0.29, 0.717) is 78.2 Å². The topological polar surface area (TPSA) is 108 Å². The molecule has 47 heavy (non-hydrogen) atoms. The number of aliphatic imine (C=N–C) groups is 1. The van der Waals surface area contributed by atoms with Gasteiger partial charge < -0.3 is 9.64 Å². The van der Waals surface area contributed by atoms with Gasteiger partial charge in [-0.1, -0.05) is 59.2 Å². The molecular formula is C33H40Cl2N6O4S2. The third-order valence-electron chi connectivity index (χ3n) is 9.01. The van der Waals surface area contributed by atoms with E-state index in [-0.39, 0.29) is 11.8 Å². The minimum Gasteiger partial charge on any atom is -0.477 e. The normalized spacial score (nSPS) is 22.0. The van der Waals surface area contributed by atoms with E-state index in [0.717, 1.165) is 11.1 Å². The third-order valence-corrected chi connectivity index (χ3v) is 11.1. The Bertz CT molecular complexity index is 1730. The summed E-state index contributed by atoms with van der Waals surface area (Å²) < 4.78 is 29.4. The number of aromatic nitrogens is 2. The van der Waals surface area contributed by atoms with Gasteiger partial charge in [-0.2, -0.15) is 4.98 Å². The fraction of sp³-hybridized carbons (Fsp3) is 0.455. The second-order valence-corrected chi connectivity index (χ2v) is 15.9. The van der Waals surface area contributed by atoms with Crippen LogP contribution in [0.5, 0.6) is 5.88 Å². The van der Waals surface area contributed by atoms with Gasteiger partial charge >= 0.3 is 6.03 Å². The molecule has 2 amide bonds. The van der Waals surface area contributed by atoms with Gasteiger partial charge in [-0.25, -0.2) is 18.2 Å². The van der Waals surface area contributed by atoms with E-state index >= 15 is 0 Å². The Morgan fingerprint density at radius 2 is 1.57 bits per heavy atom. The highest BCUT2D eigenvalue weighted by Crippen LogP contribution is 2.54. The molecule has 0 N–H and O–H groups in total. The lowest BCUT2D eigenvalue weighted by Gasteiger charge is -2.47. The summed E-state index contributed by atoms with van der Waals surface area (Å²) >= 11 is 14.1. The monoisotopic (exact) mass is 718 g/mol. The van der Waals surface area contributed by atoms with Crippen molar-refractivity contribution in [3.8, 4) is 5.88 Å². The van der Waals surface area contributed by atoms with Crippen molar-refractivity contribution in [2.75, 3.05) is 57.6 Å². The van der Waals surface area contributed by atoms with Gasteiger partial charge in [0, 0.05) is 48.7 Å². The van der Waals surface area contributed by atoms with Crippen LogP contribution in [0.3, 0.4) is 0 Å². The Balaban J connectivity index is 1.63. The molecule has 10 nitrogen and oxygen atoms in total. The summed E-state index contributed by atoms with van der Waals surface area (Å²) in [4.78, 5) is 35.4. The minimum absolute atomic E-state index is 0.141. The van der Waals surface area contributed by atoms with E-state index in [1.807, 2.05) is 80.5 Å². The van der Waals surface area contributed by atoms with Crippen LogP contribution in [0.15, 0.2) is 64.9 Å². The molecule has 0 radical (unpaired) electrons. The Kier molecular flexibility index (Phi) is 10.8. The van der Waals surface area contributed by atoms with Crippen LogP contribution in [0, 0.1) is 0 Å². The maximum Gasteiger partial charge on any atom is 0.326 e. The van der Waals surface area contributed by atoms with Crippen molar-refractivity contribution >= 4 is 56.7 Å². The smallest absolute Gasteiger partial charge is 0.326 e. The Morgan fingerprint density at radius 1 is 0.979 bits per heavy atom. The molecule has 1 fully saturated rings. The van der Waals surface area contributed by atoms with Crippen molar-refractivity contribution in [1.82, 2.24) is 24.7 Å². The van der Waals surface area contributed by atoms with Gasteiger partial charge in [-0.3, -0.25) is 14.8 Å². The first kappa shape index (κ1) is 35.4. The molecule has 14 heteroatoms. The van der Waals surface area contributed by atoms with Crippen molar-refractivity contribution in [1.29, 1.82) is 0 Å². The molecule has 0 aliphatic carbocycles. The minimum atomic E-state index is -3.03. The number of carbonyl (C=O) groups excluding carboxylic acids is 1. The molecule has 0 bridgehead atoms. The van der Waals surface area contributed by atoms with Crippen LogP contribution in [-0.4, -0.2) is 103 Å². The number of urea groups is 1. The number of hydrogen-bond acceptors (Lipinski definition) is 9. The summed E-state index contributed by atoms with van der Waals surface area (Å²) in [6, 6.07) is 14.8. The van der Waals surface area contributed by atoms with Gasteiger partial charge in [-0.05, 0) is 75.4 Å². The second kappa shape index (κ2) is 14.3. The van der Waals surface area contributed by atoms with E-state index in [9.17, 15) is 13.2 Å². The van der Waals surface area contributed by atoms with E-state index in [1.54, 1.807) is 11.1 Å². The molecule has 3 aromatic rings. The number of sulfone groups is 1. The van der Waals surface area contributed by atoms with E-state index in [4.69, 9.17) is 32.9 Å². The van der Waals surface area contributed by atoms with E-state index in [1.165, 1.54) is 18.0 Å². The number of benzene rings is 2. The predicted molar refractivity (Wildman–Crippen MR) is 189 cm³/mol. The van der Waals surface area contributed by atoms with Crippen molar-refractivity contribution < 1.29 is 17.9 Å². The van der Waals surface area contributed by atoms with Crippen LogP contribution in [0.25, 0.3) is 0 Å². The molecular weight excluding hydrogens is 679 g/mol. The van der Waals surface area contributed by atoms with Gasteiger partial charge in [-0.15, -0.1) is 0 Å². The van der Waals surface area contributed by atoms with Crippen LogP contribution in [0.1, 0.15) is 43.9 Å². The largest absolute Gasteiger partial charge is 0.477 e. The van der Waals surface area contributed by atoms with Crippen LogP contribution in [0.2, 0.25) is 10.0 Å². The summed E-state index contributed by atoms with van der Waals surface area (Å²) in [6.45, 7) is 9.13. The summed E-state index contributed by atoms with van der Waals surface area (Å²) in [6.07, 6.45) is 5.38.